The second-order valence-electron chi connectivity index (χ2n) is 7.36. The number of carbonyl (C=O) groups is 2. The first-order valence-electron chi connectivity index (χ1n) is 8.17. The van der Waals surface area contributed by atoms with Gasteiger partial charge in [-0.05, 0) is 52.4 Å². The van der Waals surface area contributed by atoms with Crippen LogP contribution in [-0.2, 0) is 14.3 Å². The van der Waals surface area contributed by atoms with Crippen molar-refractivity contribution in [2.75, 3.05) is 13.2 Å². The van der Waals surface area contributed by atoms with Crippen LogP contribution in [0.15, 0.2) is 0 Å². The van der Waals surface area contributed by atoms with E-state index >= 15 is 0 Å². The van der Waals surface area contributed by atoms with Gasteiger partial charge in [0.15, 0.2) is 6.23 Å². The Bertz CT molecular complexity index is 432. The molecule has 0 aromatic heterocycles. The summed E-state index contributed by atoms with van der Waals surface area (Å²) in [5.74, 6) is -0.219. The van der Waals surface area contributed by atoms with Gasteiger partial charge in [-0.1, -0.05) is 6.42 Å². The Hall–Kier alpha value is -1.14. The Morgan fingerprint density at radius 2 is 2.05 bits per heavy atom. The van der Waals surface area contributed by atoms with Gasteiger partial charge in [0.1, 0.15) is 6.04 Å². The van der Waals surface area contributed by atoms with Crippen molar-refractivity contribution < 1.29 is 19.4 Å². The van der Waals surface area contributed by atoms with Crippen molar-refractivity contribution in [3.63, 3.8) is 0 Å². The molecule has 1 amide bonds. The summed E-state index contributed by atoms with van der Waals surface area (Å²) in [6, 6.07) is -0.506. The summed E-state index contributed by atoms with van der Waals surface area (Å²) >= 11 is 0. The molecule has 0 bridgehead atoms. The predicted octanol–water partition coefficient (Wildman–Crippen LogP) is 0.883. The zero-order chi connectivity index (χ0) is 16.5. The molecule has 0 radical (unpaired) electrons. The van der Waals surface area contributed by atoms with Crippen LogP contribution in [0, 0.1) is 11.8 Å². The van der Waals surface area contributed by atoms with Crippen molar-refractivity contribution in [1.82, 2.24) is 10.2 Å². The molecule has 1 saturated carbocycles. The fraction of sp³-hybridized carbons (Fsp3) is 0.875. The smallest absolute Gasteiger partial charge is 0.323 e. The molecule has 0 aromatic carbocycles. The van der Waals surface area contributed by atoms with E-state index in [1.54, 1.807) is 11.8 Å². The molecule has 126 valence electrons. The van der Waals surface area contributed by atoms with E-state index in [0.29, 0.717) is 19.1 Å². The van der Waals surface area contributed by atoms with Crippen LogP contribution >= 0.6 is 0 Å². The maximum atomic E-state index is 12.3. The summed E-state index contributed by atoms with van der Waals surface area (Å²) in [7, 11) is 0. The molecule has 1 aliphatic heterocycles. The number of hydrogen-bond acceptors (Lipinski definition) is 5. The maximum Gasteiger partial charge on any atom is 0.323 e. The minimum absolute atomic E-state index is 0.191. The number of carbonyl (C=O) groups excluding carboxylic acids is 2. The third-order valence-electron chi connectivity index (χ3n) is 4.50. The van der Waals surface area contributed by atoms with Crippen LogP contribution in [0.1, 0.15) is 47.0 Å². The fourth-order valence-electron chi connectivity index (χ4n) is 3.71. The average molecular weight is 312 g/mol. The molecule has 0 spiro atoms. The first-order chi connectivity index (χ1) is 10.2. The lowest BCUT2D eigenvalue weighted by atomic mass is 9.94. The van der Waals surface area contributed by atoms with E-state index in [9.17, 15) is 14.7 Å². The lowest BCUT2D eigenvalue weighted by Gasteiger charge is -2.31. The van der Waals surface area contributed by atoms with Gasteiger partial charge in [-0.25, -0.2) is 0 Å². The number of rotatable bonds is 4. The number of ether oxygens (including phenoxy) is 1. The number of hydrogen-bond donors (Lipinski definition) is 2. The molecular weight excluding hydrogens is 284 g/mol. The molecule has 1 saturated heterocycles. The largest absolute Gasteiger partial charge is 0.465 e. The lowest BCUT2D eigenvalue weighted by Crippen LogP contribution is -2.55. The number of aliphatic hydroxyl groups excluding tert-OH is 1. The molecule has 22 heavy (non-hydrogen) atoms. The third kappa shape index (κ3) is 3.60. The Balaban J connectivity index is 2.13. The number of aliphatic hydroxyl groups is 1. The minimum Gasteiger partial charge on any atom is -0.465 e. The summed E-state index contributed by atoms with van der Waals surface area (Å²) < 4.78 is 5.17. The number of amides is 1. The van der Waals surface area contributed by atoms with Gasteiger partial charge in [0.25, 0.3) is 5.91 Å². The molecular formula is C16H28N2O4. The Morgan fingerprint density at radius 1 is 1.36 bits per heavy atom. The number of nitrogens with zero attached hydrogens (tertiary/aromatic N) is 1. The van der Waals surface area contributed by atoms with Gasteiger partial charge in [-0.15, -0.1) is 0 Å². The highest BCUT2D eigenvalue weighted by Gasteiger charge is 2.51. The number of fused-ring (bicyclic) bond motifs is 1. The molecule has 1 heterocycles. The summed E-state index contributed by atoms with van der Waals surface area (Å²) in [4.78, 5) is 26.2. The van der Waals surface area contributed by atoms with Crippen LogP contribution in [0.2, 0.25) is 0 Å². The van der Waals surface area contributed by atoms with E-state index in [0.717, 1.165) is 19.3 Å². The van der Waals surface area contributed by atoms with Crippen LogP contribution < -0.4 is 5.32 Å². The van der Waals surface area contributed by atoms with Crippen LogP contribution in [0.3, 0.4) is 0 Å². The first-order valence-corrected chi connectivity index (χ1v) is 8.17. The van der Waals surface area contributed by atoms with E-state index < -0.39 is 23.7 Å². The normalized spacial score (nSPS) is 30.0. The molecule has 2 fully saturated rings. The standard InChI is InChI=1S/C16H28N2O4/c1-5-22-15(21)12-11-8-6-7-10(11)9-18(12)14(20)13(19)17-16(2,3)4/h10-12,14,20H,5-9H2,1-4H3,(H,17,19)/t10?,11?,12-,14?/m0/s1. The van der Waals surface area contributed by atoms with Crippen molar-refractivity contribution in [3.05, 3.63) is 0 Å². The molecule has 2 aliphatic rings. The zero-order valence-corrected chi connectivity index (χ0v) is 14.0. The third-order valence-corrected chi connectivity index (χ3v) is 4.50. The predicted molar refractivity (Wildman–Crippen MR) is 81.9 cm³/mol. The second-order valence-corrected chi connectivity index (χ2v) is 7.36. The topological polar surface area (TPSA) is 78.9 Å². The van der Waals surface area contributed by atoms with E-state index in [2.05, 4.69) is 5.32 Å². The highest BCUT2D eigenvalue weighted by molar-refractivity contribution is 5.83. The van der Waals surface area contributed by atoms with E-state index in [1.165, 1.54) is 0 Å². The fourth-order valence-corrected chi connectivity index (χ4v) is 3.71. The van der Waals surface area contributed by atoms with E-state index in [1.807, 2.05) is 20.8 Å². The molecule has 1 aliphatic carbocycles. The molecule has 3 unspecified atom stereocenters. The van der Waals surface area contributed by atoms with Crippen molar-refractivity contribution in [3.8, 4) is 0 Å². The van der Waals surface area contributed by atoms with Gasteiger partial charge >= 0.3 is 5.97 Å². The Labute approximate surface area is 132 Å². The molecule has 6 nitrogen and oxygen atoms in total. The first kappa shape index (κ1) is 17.2. The van der Waals surface area contributed by atoms with Crippen molar-refractivity contribution in [2.24, 2.45) is 11.8 Å². The zero-order valence-electron chi connectivity index (χ0n) is 14.0. The molecule has 0 aromatic rings. The van der Waals surface area contributed by atoms with Crippen molar-refractivity contribution >= 4 is 11.9 Å². The summed E-state index contributed by atoms with van der Waals surface area (Å²) in [6.45, 7) is 8.24. The minimum atomic E-state index is -1.31. The van der Waals surface area contributed by atoms with E-state index in [4.69, 9.17) is 4.74 Å². The van der Waals surface area contributed by atoms with Crippen LogP contribution in [0.25, 0.3) is 0 Å². The van der Waals surface area contributed by atoms with Gasteiger partial charge in [0, 0.05) is 12.1 Å². The Morgan fingerprint density at radius 3 is 2.64 bits per heavy atom. The quantitative estimate of drug-likeness (QED) is 0.754. The number of likely N-dealkylation sites (tertiary alicyclic amines) is 1. The highest BCUT2D eigenvalue weighted by Crippen LogP contribution is 2.43. The van der Waals surface area contributed by atoms with Gasteiger partial charge in [-0.2, -0.15) is 0 Å². The molecule has 2 rings (SSSR count). The summed E-state index contributed by atoms with van der Waals surface area (Å²) in [5, 5.41) is 13.2. The van der Waals surface area contributed by atoms with Crippen LogP contribution in [-0.4, -0.2) is 52.8 Å². The SMILES string of the molecule is CCOC(=O)[C@@H]1C2CCCC2CN1C(O)C(=O)NC(C)(C)C. The average Bonchev–Trinajstić information content (AvgIpc) is 2.95. The number of nitrogens with one attached hydrogen (secondary N) is 1. The number of esters is 1. The van der Waals surface area contributed by atoms with Gasteiger partial charge in [0.05, 0.1) is 6.61 Å². The van der Waals surface area contributed by atoms with Crippen LogP contribution in [0.5, 0.6) is 0 Å². The van der Waals surface area contributed by atoms with Gasteiger partial charge in [0.2, 0.25) is 0 Å². The maximum absolute atomic E-state index is 12.3. The molecule has 6 heteroatoms. The highest BCUT2D eigenvalue weighted by atomic mass is 16.5. The van der Waals surface area contributed by atoms with E-state index in [-0.39, 0.29) is 11.9 Å². The molecule has 4 atom stereocenters. The van der Waals surface area contributed by atoms with Gasteiger partial charge in [-0.3, -0.25) is 14.5 Å². The second kappa shape index (κ2) is 6.54. The van der Waals surface area contributed by atoms with Gasteiger partial charge < -0.3 is 15.2 Å². The van der Waals surface area contributed by atoms with Crippen molar-refractivity contribution in [2.45, 2.75) is 64.8 Å². The summed E-state index contributed by atoms with van der Waals surface area (Å²) in [5.41, 5.74) is -0.424. The van der Waals surface area contributed by atoms with Crippen LogP contribution in [0.4, 0.5) is 0 Å². The molecule has 2 N–H and O–H groups in total. The lowest BCUT2D eigenvalue weighted by molar-refractivity contribution is -0.158. The monoisotopic (exact) mass is 312 g/mol. The van der Waals surface area contributed by atoms with Crippen molar-refractivity contribution in [1.29, 1.82) is 0 Å². The summed E-state index contributed by atoms with van der Waals surface area (Å²) in [6.07, 6.45) is 1.80. The Kier molecular flexibility index (Phi) is 5.12.